The summed E-state index contributed by atoms with van der Waals surface area (Å²) in [5.74, 6) is 0. The minimum Gasteiger partial charge on any atom is -0.456 e. The van der Waals surface area contributed by atoms with Crippen LogP contribution >= 0.6 is 0 Å². The van der Waals surface area contributed by atoms with Gasteiger partial charge in [-0.05, 0) is 87.6 Å². The Labute approximate surface area is 299 Å². The summed E-state index contributed by atoms with van der Waals surface area (Å²) in [7, 11) is 0. The van der Waals surface area contributed by atoms with Gasteiger partial charge in [0.05, 0.1) is 22.2 Å². The summed E-state index contributed by atoms with van der Waals surface area (Å²) in [6.07, 6.45) is 0. The van der Waals surface area contributed by atoms with Gasteiger partial charge in [0.2, 0.25) is 0 Å². The highest BCUT2D eigenvalue weighted by Gasteiger charge is 2.19. The summed E-state index contributed by atoms with van der Waals surface area (Å²) in [4.78, 5) is 5.44. The van der Waals surface area contributed by atoms with Gasteiger partial charge in [-0.25, -0.2) is 4.98 Å². The molecule has 0 atom stereocenters. The molecule has 3 aromatic heterocycles. The predicted octanol–water partition coefficient (Wildman–Crippen LogP) is 13.4. The SMILES string of the molecule is c1ccc(-c2cc(-c3cc(-c4cccc5oc6ccccc6c45)cc(-n4c5ccccc5c5ccccc54)c3)nc3ccc4ccccc4c23)cc1. The Kier molecular flexibility index (Phi) is 6.25. The van der Waals surface area contributed by atoms with Crippen LogP contribution in [-0.4, -0.2) is 9.55 Å². The Hall–Kier alpha value is -6.97. The Morgan fingerprint density at radius 1 is 0.404 bits per heavy atom. The summed E-state index contributed by atoms with van der Waals surface area (Å²) < 4.78 is 8.78. The van der Waals surface area contributed by atoms with E-state index < -0.39 is 0 Å². The number of para-hydroxylation sites is 3. The van der Waals surface area contributed by atoms with Gasteiger partial charge in [-0.15, -0.1) is 0 Å². The van der Waals surface area contributed by atoms with Crippen molar-refractivity contribution in [2.45, 2.75) is 0 Å². The zero-order valence-electron chi connectivity index (χ0n) is 28.1. The van der Waals surface area contributed by atoms with Crippen molar-refractivity contribution < 1.29 is 4.42 Å². The van der Waals surface area contributed by atoms with Crippen LogP contribution in [0.5, 0.6) is 0 Å². The fourth-order valence-electron chi connectivity index (χ4n) is 8.26. The molecule has 0 fully saturated rings. The van der Waals surface area contributed by atoms with E-state index in [2.05, 4.69) is 174 Å². The van der Waals surface area contributed by atoms with Crippen LogP contribution in [-0.2, 0) is 0 Å². The minimum atomic E-state index is 0.879. The van der Waals surface area contributed by atoms with Crippen LogP contribution in [0.2, 0.25) is 0 Å². The number of furan rings is 1. The molecule has 52 heavy (non-hydrogen) atoms. The first-order chi connectivity index (χ1) is 25.8. The molecule has 242 valence electrons. The topological polar surface area (TPSA) is 31.0 Å². The summed E-state index contributed by atoms with van der Waals surface area (Å²) in [6.45, 7) is 0. The van der Waals surface area contributed by atoms with E-state index in [1.807, 2.05) is 12.1 Å². The van der Waals surface area contributed by atoms with Gasteiger partial charge in [-0.2, -0.15) is 0 Å². The van der Waals surface area contributed by atoms with Crippen molar-refractivity contribution in [1.29, 1.82) is 0 Å². The van der Waals surface area contributed by atoms with E-state index >= 15 is 0 Å². The van der Waals surface area contributed by atoms with Crippen LogP contribution in [0.25, 0.3) is 105 Å². The number of rotatable bonds is 4. The molecule has 3 nitrogen and oxygen atoms in total. The molecule has 0 N–H and O–H groups in total. The first-order valence-electron chi connectivity index (χ1n) is 17.7. The molecule has 0 spiro atoms. The minimum absolute atomic E-state index is 0.879. The third-order valence-electron chi connectivity index (χ3n) is 10.5. The van der Waals surface area contributed by atoms with Gasteiger partial charge in [0.25, 0.3) is 0 Å². The monoisotopic (exact) mass is 662 g/mol. The molecule has 0 aliphatic heterocycles. The molecule has 0 amide bonds. The van der Waals surface area contributed by atoms with Gasteiger partial charge in [0.15, 0.2) is 0 Å². The van der Waals surface area contributed by atoms with Crippen molar-refractivity contribution >= 4 is 65.4 Å². The normalized spacial score (nSPS) is 11.8. The third-order valence-corrected chi connectivity index (χ3v) is 10.5. The maximum atomic E-state index is 6.38. The van der Waals surface area contributed by atoms with Crippen molar-refractivity contribution in [3.05, 3.63) is 182 Å². The highest BCUT2D eigenvalue weighted by Crippen LogP contribution is 2.42. The summed E-state index contributed by atoms with van der Waals surface area (Å²) in [5.41, 5.74) is 12.7. The van der Waals surface area contributed by atoms with Crippen LogP contribution in [0.3, 0.4) is 0 Å². The third kappa shape index (κ3) is 4.36. The molecular formula is C49H30N2O. The van der Waals surface area contributed by atoms with E-state index in [1.54, 1.807) is 0 Å². The molecule has 0 radical (unpaired) electrons. The maximum absolute atomic E-state index is 6.38. The molecule has 0 unspecified atom stereocenters. The van der Waals surface area contributed by atoms with Crippen molar-refractivity contribution in [1.82, 2.24) is 9.55 Å². The first kappa shape index (κ1) is 28.8. The Morgan fingerprint density at radius 2 is 1.06 bits per heavy atom. The van der Waals surface area contributed by atoms with Crippen LogP contribution in [0.1, 0.15) is 0 Å². The standard InChI is InChI=1S/C49H30N2O/c1-2-13-31(14-3-1)41-30-43(50-42-26-25-32-15-4-5-16-36(32)48(41)42)34-27-33(37-20-12-24-47-49(37)40-19-8-11-23-46(40)52-47)28-35(29-34)51-44-21-9-6-17-38(44)39-18-7-10-22-45(39)51/h1-30H. The van der Waals surface area contributed by atoms with Crippen molar-refractivity contribution in [3.63, 3.8) is 0 Å². The van der Waals surface area contributed by atoms with E-state index in [4.69, 9.17) is 9.40 Å². The lowest BCUT2D eigenvalue weighted by atomic mass is 9.93. The lowest BCUT2D eigenvalue weighted by Gasteiger charge is -2.16. The van der Waals surface area contributed by atoms with Crippen molar-refractivity contribution in [3.8, 4) is 39.2 Å². The predicted molar refractivity (Wildman–Crippen MR) is 217 cm³/mol. The first-order valence-corrected chi connectivity index (χ1v) is 17.7. The number of pyridine rings is 1. The second-order valence-electron chi connectivity index (χ2n) is 13.5. The van der Waals surface area contributed by atoms with Gasteiger partial charge in [-0.3, -0.25) is 0 Å². The van der Waals surface area contributed by atoms with Crippen LogP contribution < -0.4 is 0 Å². The van der Waals surface area contributed by atoms with E-state index in [0.29, 0.717) is 0 Å². The summed E-state index contributed by atoms with van der Waals surface area (Å²) in [6, 6.07) is 65.0. The van der Waals surface area contributed by atoms with Gasteiger partial charge >= 0.3 is 0 Å². The quantitative estimate of drug-likeness (QED) is 0.176. The molecule has 11 rings (SSSR count). The maximum Gasteiger partial charge on any atom is 0.136 e. The smallest absolute Gasteiger partial charge is 0.136 e. The number of benzene rings is 8. The van der Waals surface area contributed by atoms with Crippen molar-refractivity contribution in [2.75, 3.05) is 0 Å². The molecule has 8 aromatic carbocycles. The number of hydrogen-bond acceptors (Lipinski definition) is 2. The molecule has 3 heterocycles. The van der Waals surface area contributed by atoms with Crippen LogP contribution in [0.15, 0.2) is 186 Å². The second-order valence-corrected chi connectivity index (χ2v) is 13.5. The second kappa shape index (κ2) is 11.3. The molecule has 0 saturated heterocycles. The van der Waals surface area contributed by atoms with Gasteiger partial charge in [0.1, 0.15) is 11.2 Å². The highest BCUT2D eigenvalue weighted by molar-refractivity contribution is 6.15. The summed E-state index contributed by atoms with van der Waals surface area (Å²) in [5, 5.41) is 8.27. The highest BCUT2D eigenvalue weighted by atomic mass is 16.3. The lowest BCUT2D eigenvalue weighted by molar-refractivity contribution is 0.669. The van der Waals surface area contributed by atoms with E-state index in [9.17, 15) is 0 Å². The van der Waals surface area contributed by atoms with E-state index in [-0.39, 0.29) is 0 Å². The lowest BCUT2D eigenvalue weighted by Crippen LogP contribution is -1.97. The van der Waals surface area contributed by atoms with Gasteiger partial charge < -0.3 is 8.98 Å². The molecule has 3 heteroatoms. The van der Waals surface area contributed by atoms with Gasteiger partial charge in [-0.1, -0.05) is 127 Å². The molecule has 11 aromatic rings. The molecule has 0 bridgehead atoms. The molecule has 0 aliphatic carbocycles. The van der Waals surface area contributed by atoms with Crippen LogP contribution in [0.4, 0.5) is 0 Å². The average molecular weight is 663 g/mol. The zero-order chi connectivity index (χ0) is 34.2. The number of hydrogen-bond donors (Lipinski definition) is 0. The number of aromatic nitrogens is 2. The Morgan fingerprint density at radius 3 is 1.87 bits per heavy atom. The Balaban J connectivity index is 1.25. The van der Waals surface area contributed by atoms with Crippen molar-refractivity contribution in [2.24, 2.45) is 0 Å². The number of fused-ring (bicyclic) bond motifs is 9. The van der Waals surface area contributed by atoms with E-state index in [1.165, 1.54) is 49.1 Å². The summed E-state index contributed by atoms with van der Waals surface area (Å²) >= 11 is 0. The fourth-order valence-corrected chi connectivity index (χ4v) is 8.26. The molecule has 0 saturated carbocycles. The molecule has 0 aliphatic rings. The average Bonchev–Trinajstić information content (AvgIpc) is 3.76. The fraction of sp³-hybridized carbons (Fsp3) is 0. The Bertz CT molecular complexity index is 3130. The molecular weight excluding hydrogens is 633 g/mol. The number of nitrogens with zero attached hydrogens (tertiary/aromatic N) is 2. The zero-order valence-corrected chi connectivity index (χ0v) is 28.1. The van der Waals surface area contributed by atoms with Crippen LogP contribution in [0, 0.1) is 0 Å². The largest absolute Gasteiger partial charge is 0.456 e. The van der Waals surface area contributed by atoms with E-state index in [0.717, 1.165) is 55.5 Å². The van der Waals surface area contributed by atoms with Gasteiger partial charge in [0, 0.05) is 38.2 Å².